The molecular formula is C15H28N4S. The highest BCUT2D eigenvalue weighted by Crippen LogP contribution is 2.11. The summed E-state index contributed by atoms with van der Waals surface area (Å²) >= 11 is 1.76. The Morgan fingerprint density at radius 1 is 1.25 bits per heavy atom. The van der Waals surface area contributed by atoms with Crippen molar-refractivity contribution in [2.45, 2.75) is 52.9 Å². The van der Waals surface area contributed by atoms with E-state index in [9.17, 15) is 0 Å². The number of aromatic nitrogens is 1. The molecule has 1 aromatic rings. The molecule has 0 saturated heterocycles. The summed E-state index contributed by atoms with van der Waals surface area (Å²) in [6, 6.07) is 0. The zero-order valence-corrected chi connectivity index (χ0v) is 13.9. The normalized spacial score (nSPS) is 11.7. The van der Waals surface area contributed by atoms with Gasteiger partial charge in [-0.25, -0.2) is 4.98 Å². The number of hydrogen-bond donors (Lipinski definition) is 2. The van der Waals surface area contributed by atoms with E-state index in [1.807, 2.05) is 0 Å². The Balaban J connectivity index is 2.18. The number of aliphatic imine (C=N–C) groups is 1. The van der Waals surface area contributed by atoms with E-state index in [2.05, 4.69) is 46.8 Å². The van der Waals surface area contributed by atoms with Crippen molar-refractivity contribution in [1.82, 2.24) is 15.6 Å². The van der Waals surface area contributed by atoms with E-state index < -0.39 is 0 Å². The molecular weight excluding hydrogens is 268 g/mol. The molecule has 2 N–H and O–H groups in total. The van der Waals surface area contributed by atoms with E-state index in [1.165, 1.54) is 17.8 Å². The lowest BCUT2D eigenvalue weighted by Gasteiger charge is -2.10. The van der Waals surface area contributed by atoms with Crippen LogP contribution in [0.25, 0.3) is 0 Å². The molecule has 20 heavy (non-hydrogen) atoms. The Morgan fingerprint density at radius 2 is 2.10 bits per heavy atom. The number of hydrogen-bond acceptors (Lipinski definition) is 3. The number of aryl methyl sites for hydroxylation is 2. The summed E-state index contributed by atoms with van der Waals surface area (Å²) < 4.78 is 0. The van der Waals surface area contributed by atoms with E-state index >= 15 is 0 Å². The molecule has 0 aliphatic rings. The van der Waals surface area contributed by atoms with Crippen LogP contribution in [-0.4, -0.2) is 30.6 Å². The monoisotopic (exact) mass is 296 g/mol. The summed E-state index contributed by atoms with van der Waals surface area (Å²) in [4.78, 5) is 9.08. The van der Waals surface area contributed by atoms with Gasteiger partial charge in [0.2, 0.25) is 0 Å². The number of rotatable bonds is 9. The van der Waals surface area contributed by atoms with Crippen LogP contribution in [0.5, 0.6) is 0 Å². The van der Waals surface area contributed by atoms with Gasteiger partial charge in [0.05, 0.1) is 5.01 Å². The first-order valence-electron chi connectivity index (χ1n) is 7.69. The molecule has 0 fully saturated rings. The maximum Gasteiger partial charge on any atom is 0.191 e. The smallest absolute Gasteiger partial charge is 0.191 e. The van der Waals surface area contributed by atoms with E-state index in [1.54, 1.807) is 11.3 Å². The fourth-order valence-corrected chi connectivity index (χ4v) is 2.64. The van der Waals surface area contributed by atoms with Gasteiger partial charge in [-0.15, -0.1) is 11.3 Å². The third-order valence-corrected chi connectivity index (χ3v) is 3.93. The van der Waals surface area contributed by atoms with E-state index in [4.69, 9.17) is 0 Å². The fourth-order valence-electron chi connectivity index (χ4n) is 1.82. The minimum Gasteiger partial charge on any atom is -0.357 e. The minimum absolute atomic E-state index is 0.881. The predicted molar refractivity (Wildman–Crippen MR) is 88.7 cm³/mol. The summed E-state index contributed by atoms with van der Waals surface area (Å²) in [6.45, 7) is 9.14. The lowest BCUT2D eigenvalue weighted by Crippen LogP contribution is -2.37. The second-order valence-corrected chi connectivity index (χ2v) is 5.82. The SMILES string of the molecule is CCCCNC(=NCCCCc1nc(C)cs1)NCC. The van der Waals surface area contributed by atoms with E-state index in [0.29, 0.717) is 0 Å². The summed E-state index contributed by atoms with van der Waals surface area (Å²) in [5, 5.41) is 10.0. The first-order valence-corrected chi connectivity index (χ1v) is 8.57. The highest BCUT2D eigenvalue weighted by atomic mass is 32.1. The van der Waals surface area contributed by atoms with Crippen molar-refractivity contribution in [3.8, 4) is 0 Å². The van der Waals surface area contributed by atoms with Crippen molar-refractivity contribution in [1.29, 1.82) is 0 Å². The molecule has 1 rings (SSSR count). The van der Waals surface area contributed by atoms with Crippen molar-refractivity contribution in [2.24, 2.45) is 4.99 Å². The molecule has 0 bridgehead atoms. The maximum absolute atomic E-state index is 4.60. The lowest BCUT2D eigenvalue weighted by atomic mass is 10.2. The predicted octanol–water partition coefficient (Wildman–Crippen LogP) is 3.13. The molecule has 0 unspecified atom stereocenters. The van der Waals surface area contributed by atoms with Crippen molar-refractivity contribution in [3.63, 3.8) is 0 Å². The summed E-state index contributed by atoms with van der Waals surface area (Å²) in [6.07, 6.45) is 5.75. The Hall–Kier alpha value is -1.10. The number of nitrogens with zero attached hydrogens (tertiary/aromatic N) is 2. The molecule has 0 spiro atoms. The molecule has 0 aliphatic heterocycles. The second kappa shape index (κ2) is 10.7. The highest BCUT2D eigenvalue weighted by Gasteiger charge is 1.99. The molecule has 4 nitrogen and oxygen atoms in total. The first-order chi connectivity index (χ1) is 9.76. The average molecular weight is 296 g/mol. The third kappa shape index (κ3) is 7.48. The third-order valence-electron chi connectivity index (χ3n) is 2.90. The van der Waals surface area contributed by atoms with Gasteiger partial charge in [-0.1, -0.05) is 13.3 Å². The molecule has 0 aliphatic carbocycles. The number of thiazole rings is 1. The molecule has 0 atom stereocenters. The molecule has 114 valence electrons. The van der Waals surface area contributed by atoms with Crippen LogP contribution in [0.3, 0.4) is 0 Å². The van der Waals surface area contributed by atoms with Gasteiger partial charge in [0.15, 0.2) is 5.96 Å². The quantitative estimate of drug-likeness (QED) is 0.418. The van der Waals surface area contributed by atoms with Crippen LogP contribution in [-0.2, 0) is 6.42 Å². The van der Waals surface area contributed by atoms with Crippen molar-refractivity contribution < 1.29 is 0 Å². The van der Waals surface area contributed by atoms with Gasteiger partial charge in [-0.2, -0.15) is 0 Å². The summed E-state index contributed by atoms with van der Waals surface area (Å²) in [5.41, 5.74) is 1.14. The van der Waals surface area contributed by atoms with Crippen LogP contribution < -0.4 is 10.6 Å². The molecule has 0 saturated carbocycles. The topological polar surface area (TPSA) is 49.3 Å². The molecule has 0 aromatic carbocycles. The van der Waals surface area contributed by atoms with Gasteiger partial charge in [0, 0.05) is 30.7 Å². The van der Waals surface area contributed by atoms with Crippen LogP contribution in [0.1, 0.15) is 50.2 Å². The Bertz CT molecular complexity index is 387. The minimum atomic E-state index is 0.881. The van der Waals surface area contributed by atoms with Crippen LogP contribution in [0.15, 0.2) is 10.4 Å². The first kappa shape index (κ1) is 17.0. The highest BCUT2D eigenvalue weighted by molar-refractivity contribution is 7.09. The van der Waals surface area contributed by atoms with E-state index in [0.717, 1.165) is 50.6 Å². The van der Waals surface area contributed by atoms with E-state index in [-0.39, 0.29) is 0 Å². The lowest BCUT2D eigenvalue weighted by molar-refractivity contribution is 0.711. The molecule has 0 radical (unpaired) electrons. The molecule has 1 heterocycles. The van der Waals surface area contributed by atoms with Crippen molar-refractivity contribution >= 4 is 17.3 Å². The van der Waals surface area contributed by atoms with Gasteiger partial charge < -0.3 is 10.6 Å². The van der Waals surface area contributed by atoms with Gasteiger partial charge in [-0.3, -0.25) is 4.99 Å². The van der Waals surface area contributed by atoms with Gasteiger partial charge in [0.25, 0.3) is 0 Å². The Labute approximate surface area is 127 Å². The van der Waals surface area contributed by atoms with Gasteiger partial charge >= 0.3 is 0 Å². The van der Waals surface area contributed by atoms with Crippen LogP contribution in [0.2, 0.25) is 0 Å². The largest absolute Gasteiger partial charge is 0.357 e. The molecule has 1 aromatic heterocycles. The number of unbranched alkanes of at least 4 members (excludes halogenated alkanes) is 2. The summed E-state index contributed by atoms with van der Waals surface area (Å²) in [5.74, 6) is 0.950. The second-order valence-electron chi connectivity index (χ2n) is 4.88. The standard InChI is InChI=1S/C15H28N4S/c1-4-6-10-17-15(16-5-2)18-11-8-7-9-14-19-13(3)12-20-14/h12H,4-11H2,1-3H3,(H2,16,17,18). The summed E-state index contributed by atoms with van der Waals surface area (Å²) in [7, 11) is 0. The fraction of sp³-hybridized carbons (Fsp3) is 0.733. The molecule has 0 amide bonds. The number of nitrogens with one attached hydrogen (secondary N) is 2. The van der Waals surface area contributed by atoms with Crippen LogP contribution >= 0.6 is 11.3 Å². The zero-order valence-electron chi connectivity index (χ0n) is 13.0. The van der Waals surface area contributed by atoms with Gasteiger partial charge in [-0.05, 0) is 39.5 Å². The average Bonchev–Trinajstić information content (AvgIpc) is 2.84. The van der Waals surface area contributed by atoms with Crippen molar-refractivity contribution in [2.75, 3.05) is 19.6 Å². The van der Waals surface area contributed by atoms with Crippen LogP contribution in [0, 0.1) is 6.92 Å². The maximum atomic E-state index is 4.60. The van der Waals surface area contributed by atoms with Crippen LogP contribution in [0.4, 0.5) is 0 Å². The zero-order chi connectivity index (χ0) is 14.6. The molecule has 5 heteroatoms. The Morgan fingerprint density at radius 3 is 2.75 bits per heavy atom. The van der Waals surface area contributed by atoms with Crippen molar-refractivity contribution in [3.05, 3.63) is 16.1 Å². The Kier molecular flexibility index (Phi) is 9.04. The van der Waals surface area contributed by atoms with Gasteiger partial charge in [0.1, 0.15) is 0 Å². The number of guanidine groups is 1.